The molecule has 3 aromatic rings. The van der Waals surface area contributed by atoms with Crippen molar-refractivity contribution in [3.63, 3.8) is 0 Å². The van der Waals surface area contributed by atoms with E-state index in [4.69, 9.17) is 0 Å². The standard InChI is InChI=1S/C16H15BrFN3/c1-9(13-5-3-11(18)7-14(13)17)19-12-4-6-15-16(8-12)21-10(2)20-15/h3-9,19H,1-2H3,(H,20,21). The quantitative estimate of drug-likeness (QED) is 0.703. The fourth-order valence-corrected chi connectivity index (χ4v) is 3.10. The van der Waals surface area contributed by atoms with Crippen molar-refractivity contribution in [3.05, 3.63) is 58.1 Å². The number of H-pyrrole nitrogens is 1. The number of aromatic amines is 1. The molecule has 5 heteroatoms. The normalized spacial score (nSPS) is 12.6. The van der Waals surface area contributed by atoms with E-state index in [-0.39, 0.29) is 11.9 Å². The van der Waals surface area contributed by atoms with Gasteiger partial charge >= 0.3 is 0 Å². The van der Waals surface area contributed by atoms with Gasteiger partial charge in [-0.15, -0.1) is 0 Å². The van der Waals surface area contributed by atoms with Crippen LogP contribution < -0.4 is 5.32 Å². The van der Waals surface area contributed by atoms with E-state index in [0.717, 1.165) is 32.6 Å². The Bertz CT molecular complexity index is 797. The van der Waals surface area contributed by atoms with Crippen molar-refractivity contribution < 1.29 is 4.39 Å². The van der Waals surface area contributed by atoms with E-state index in [2.05, 4.69) is 31.2 Å². The van der Waals surface area contributed by atoms with Crippen molar-refractivity contribution in [1.82, 2.24) is 9.97 Å². The van der Waals surface area contributed by atoms with Gasteiger partial charge in [-0.05, 0) is 49.7 Å². The molecule has 2 N–H and O–H groups in total. The number of halogens is 2. The van der Waals surface area contributed by atoms with Crippen molar-refractivity contribution >= 4 is 32.7 Å². The molecule has 0 spiro atoms. The highest BCUT2D eigenvalue weighted by atomic mass is 79.9. The van der Waals surface area contributed by atoms with Crippen LogP contribution in [0.4, 0.5) is 10.1 Å². The van der Waals surface area contributed by atoms with Crippen LogP contribution in [0.25, 0.3) is 11.0 Å². The Hall–Kier alpha value is -1.88. The van der Waals surface area contributed by atoms with Crippen LogP contribution in [0, 0.1) is 12.7 Å². The number of nitrogens with one attached hydrogen (secondary N) is 2. The van der Waals surface area contributed by atoms with Gasteiger partial charge in [0.1, 0.15) is 11.6 Å². The average molecular weight is 348 g/mol. The van der Waals surface area contributed by atoms with Crippen molar-refractivity contribution in [2.24, 2.45) is 0 Å². The molecular formula is C16H15BrFN3. The predicted molar refractivity (Wildman–Crippen MR) is 87.0 cm³/mol. The number of imidazole rings is 1. The fraction of sp³-hybridized carbons (Fsp3) is 0.188. The van der Waals surface area contributed by atoms with E-state index in [9.17, 15) is 4.39 Å². The minimum atomic E-state index is -0.243. The van der Waals surface area contributed by atoms with Crippen LogP contribution >= 0.6 is 15.9 Å². The maximum atomic E-state index is 13.2. The molecule has 0 aliphatic carbocycles. The number of benzene rings is 2. The summed E-state index contributed by atoms with van der Waals surface area (Å²) < 4.78 is 13.9. The minimum absolute atomic E-state index is 0.0569. The molecule has 1 heterocycles. The second-order valence-corrected chi connectivity index (χ2v) is 5.94. The monoisotopic (exact) mass is 347 g/mol. The Balaban J connectivity index is 1.86. The van der Waals surface area contributed by atoms with Gasteiger partial charge < -0.3 is 10.3 Å². The first-order chi connectivity index (χ1) is 10.0. The summed E-state index contributed by atoms with van der Waals surface area (Å²) in [6.07, 6.45) is 0. The van der Waals surface area contributed by atoms with Crippen molar-refractivity contribution in [2.45, 2.75) is 19.9 Å². The van der Waals surface area contributed by atoms with Crippen LogP contribution in [0.2, 0.25) is 0 Å². The lowest BCUT2D eigenvalue weighted by atomic mass is 10.1. The molecule has 0 fully saturated rings. The van der Waals surface area contributed by atoms with Crippen LogP contribution in [-0.4, -0.2) is 9.97 Å². The number of nitrogens with zero attached hydrogens (tertiary/aromatic N) is 1. The van der Waals surface area contributed by atoms with Gasteiger partial charge in [0, 0.05) is 16.2 Å². The summed E-state index contributed by atoms with van der Waals surface area (Å²) in [5, 5.41) is 3.42. The minimum Gasteiger partial charge on any atom is -0.378 e. The molecule has 3 nitrogen and oxygen atoms in total. The summed E-state index contributed by atoms with van der Waals surface area (Å²) in [6.45, 7) is 3.98. The van der Waals surface area contributed by atoms with Gasteiger partial charge in [0.15, 0.2) is 0 Å². The molecule has 3 rings (SSSR count). The summed E-state index contributed by atoms with van der Waals surface area (Å²) in [5.41, 5.74) is 3.96. The fourth-order valence-electron chi connectivity index (χ4n) is 2.41. The van der Waals surface area contributed by atoms with Gasteiger partial charge in [0.25, 0.3) is 0 Å². The second kappa shape index (κ2) is 5.48. The molecule has 0 aliphatic heterocycles. The van der Waals surface area contributed by atoms with Crippen molar-refractivity contribution in [3.8, 4) is 0 Å². The SMILES string of the molecule is Cc1nc2ccc(NC(C)c3ccc(F)cc3Br)cc2[nH]1. The number of aryl methyl sites for hydroxylation is 1. The average Bonchev–Trinajstić information content (AvgIpc) is 2.77. The predicted octanol–water partition coefficient (Wildman–Crippen LogP) is 4.95. The van der Waals surface area contributed by atoms with Crippen LogP contribution in [-0.2, 0) is 0 Å². The number of anilines is 1. The Labute approximate surface area is 130 Å². The number of hydrogen-bond acceptors (Lipinski definition) is 2. The molecule has 2 aromatic carbocycles. The highest BCUT2D eigenvalue weighted by molar-refractivity contribution is 9.10. The second-order valence-electron chi connectivity index (χ2n) is 5.09. The first-order valence-corrected chi connectivity index (χ1v) is 7.50. The summed E-state index contributed by atoms with van der Waals surface area (Å²) in [6, 6.07) is 10.8. The summed E-state index contributed by atoms with van der Waals surface area (Å²) >= 11 is 3.41. The molecule has 0 radical (unpaired) electrons. The zero-order valence-electron chi connectivity index (χ0n) is 11.7. The number of fused-ring (bicyclic) bond motifs is 1. The molecule has 108 valence electrons. The van der Waals surface area contributed by atoms with Crippen LogP contribution in [0.5, 0.6) is 0 Å². The topological polar surface area (TPSA) is 40.7 Å². The summed E-state index contributed by atoms with van der Waals surface area (Å²) in [5.74, 6) is 0.656. The van der Waals surface area contributed by atoms with Crippen LogP contribution in [0.1, 0.15) is 24.4 Å². The van der Waals surface area contributed by atoms with Gasteiger partial charge in [-0.1, -0.05) is 22.0 Å². The van der Waals surface area contributed by atoms with Crippen LogP contribution in [0.3, 0.4) is 0 Å². The lowest BCUT2D eigenvalue weighted by Gasteiger charge is -2.17. The first kappa shape index (κ1) is 14.1. The summed E-state index contributed by atoms with van der Waals surface area (Å²) in [4.78, 5) is 7.60. The van der Waals surface area contributed by atoms with E-state index in [1.54, 1.807) is 6.07 Å². The Kier molecular flexibility index (Phi) is 3.68. The zero-order chi connectivity index (χ0) is 15.0. The van der Waals surface area contributed by atoms with E-state index < -0.39 is 0 Å². The van der Waals surface area contributed by atoms with Gasteiger partial charge in [0.2, 0.25) is 0 Å². The number of hydrogen-bond donors (Lipinski definition) is 2. The molecule has 0 saturated carbocycles. The molecule has 0 bridgehead atoms. The molecular weight excluding hydrogens is 333 g/mol. The third-order valence-electron chi connectivity index (χ3n) is 3.41. The van der Waals surface area contributed by atoms with E-state index in [0.29, 0.717) is 0 Å². The smallest absolute Gasteiger partial charge is 0.124 e. The molecule has 21 heavy (non-hydrogen) atoms. The first-order valence-electron chi connectivity index (χ1n) is 6.71. The Morgan fingerprint density at radius 3 is 2.81 bits per heavy atom. The molecule has 0 aliphatic rings. The highest BCUT2D eigenvalue weighted by Gasteiger charge is 2.10. The maximum absolute atomic E-state index is 13.2. The largest absolute Gasteiger partial charge is 0.378 e. The lowest BCUT2D eigenvalue weighted by molar-refractivity contribution is 0.625. The van der Waals surface area contributed by atoms with Gasteiger partial charge in [-0.3, -0.25) is 0 Å². The van der Waals surface area contributed by atoms with Crippen LogP contribution in [0.15, 0.2) is 40.9 Å². The summed E-state index contributed by atoms with van der Waals surface area (Å²) in [7, 11) is 0. The molecule has 1 aromatic heterocycles. The van der Waals surface area contributed by atoms with E-state index in [1.165, 1.54) is 12.1 Å². The highest BCUT2D eigenvalue weighted by Crippen LogP contribution is 2.28. The molecule has 1 atom stereocenters. The third-order valence-corrected chi connectivity index (χ3v) is 4.10. The van der Waals surface area contributed by atoms with Crippen molar-refractivity contribution in [2.75, 3.05) is 5.32 Å². The molecule has 0 amide bonds. The van der Waals surface area contributed by atoms with E-state index >= 15 is 0 Å². The van der Waals surface area contributed by atoms with Gasteiger partial charge in [-0.2, -0.15) is 0 Å². The lowest BCUT2D eigenvalue weighted by Crippen LogP contribution is -2.07. The van der Waals surface area contributed by atoms with Gasteiger partial charge in [-0.25, -0.2) is 9.37 Å². The third kappa shape index (κ3) is 2.93. The number of rotatable bonds is 3. The maximum Gasteiger partial charge on any atom is 0.124 e. The molecule has 1 unspecified atom stereocenters. The zero-order valence-corrected chi connectivity index (χ0v) is 13.3. The number of aromatic nitrogens is 2. The molecule has 0 saturated heterocycles. The van der Waals surface area contributed by atoms with Crippen molar-refractivity contribution in [1.29, 1.82) is 0 Å². The Morgan fingerprint density at radius 2 is 2.05 bits per heavy atom. The van der Waals surface area contributed by atoms with E-state index in [1.807, 2.05) is 32.0 Å². The Morgan fingerprint density at radius 1 is 1.24 bits per heavy atom. The van der Waals surface area contributed by atoms with Gasteiger partial charge in [0.05, 0.1) is 11.0 Å².